The van der Waals surface area contributed by atoms with Crippen molar-refractivity contribution in [3.05, 3.63) is 30.1 Å². The van der Waals surface area contributed by atoms with Gasteiger partial charge in [-0.3, -0.25) is 4.98 Å². The molecule has 2 N–H and O–H groups in total. The Balaban J connectivity index is 1.66. The molecule has 182 valence electrons. The van der Waals surface area contributed by atoms with Crippen LogP contribution in [-0.4, -0.2) is 77.7 Å². The Bertz CT molecular complexity index is 1360. The zero-order valence-electron chi connectivity index (χ0n) is 19.1. The summed E-state index contributed by atoms with van der Waals surface area (Å²) >= 11 is 0. The fourth-order valence-electron chi connectivity index (χ4n) is 3.91. The molecule has 1 unspecified atom stereocenters. The number of halogens is 2. The van der Waals surface area contributed by atoms with E-state index in [0.717, 1.165) is 16.1 Å². The molecule has 4 rings (SSSR count). The highest BCUT2D eigenvalue weighted by Crippen LogP contribution is 2.33. The summed E-state index contributed by atoms with van der Waals surface area (Å²) in [5.74, 6) is -2.87. The van der Waals surface area contributed by atoms with Gasteiger partial charge in [0.05, 0.1) is 30.2 Å². The van der Waals surface area contributed by atoms with Gasteiger partial charge in [0, 0.05) is 32.4 Å². The maximum atomic E-state index is 14.7. The first-order valence-corrected chi connectivity index (χ1v) is 12.3. The van der Waals surface area contributed by atoms with Gasteiger partial charge in [-0.1, -0.05) is 0 Å². The van der Waals surface area contributed by atoms with E-state index in [1.807, 2.05) is 25.1 Å². The molecule has 1 fully saturated rings. The van der Waals surface area contributed by atoms with Gasteiger partial charge in [0.2, 0.25) is 16.0 Å². The fraction of sp³-hybridized carbons (Fsp3) is 0.450. The normalized spacial score (nSPS) is 19.1. The van der Waals surface area contributed by atoms with Gasteiger partial charge in [0.25, 0.3) is 5.92 Å². The second kappa shape index (κ2) is 8.83. The van der Waals surface area contributed by atoms with Crippen molar-refractivity contribution < 1.29 is 17.2 Å². The lowest BCUT2D eigenvalue weighted by Crippen LogP contribution is -2.55. The summed E-state index contributed by atoms with van der Waals surface area (Å²) in [5.41, 5.74) is 3.43. The Kier molecular flexibility index (Phi) is 6.20. The minimum absolute atomic E-state index is 0.000624. The number of aromatic nitrogens is 4. The molecule has 1 atom stereocenters. The van der Waals surface area contributed by atoms with Gasteiger partial charge in [0.15, 0.2) is 5.82 Å². The van der Waals surface area contributed by atoms with Crippen LogP contribution in [0.1, 0.15) is 12.1 Å². The van der Waals surface area contributed by atoms with Crippen molar-refractivity contribution in [2.24, 2.45) is 10.2 Å². The highest BCUT2D eigenvalue weighted by atomic mass is 32.2. The molecule has 0 spiro atoms. The summed E-state index contributed by atoms with van der Waals surface area (Å²) in [6.07, 6.45) is 2.53. The van der Waals surface area contributed by atoms with E-state index in [-0.39, 0.29) is 18.9 Å². The van der Waals surface area contributed by atoms with Crippen LogP contribution in [0, 0.1) is 6.92 Å². The van der Waals surface area contributed by atoms with E-state index in [9.17, 15) is 17.2 Å². The average Bonchev–Trinajstić information content (AvgIpc) is 3.19. The van der Waals surface area contributed by atoms with Crippen molar-refractivity contribution in [3.8, 4) is 11.3 Å². The number of hydrogen-bond donors (Lipinski definition) is 2. The lowest BCUT2D eigenvalue weighted by Gasteiger charge is -2.37. The molecule has 1 aliphatic rings. The number of piperidine rings is 1. The molecule has 0 amide bonds. The van der Waals surface area contributed by atoms with E-state index in [1.165, 1.54) is 4.52 Å². The maximum Gasteiger partial charge on any atom is 0.281 e. The van der Waals surface area contributed by atoms with E-state index >= 15 is 0 Å². The zero-order chi connectivity index (χ0) is 24.7. The molecule has 0 saturated carbocycles. The number of azo groups is 1. The fourth-order valence-corrected chi connectivity index (χ4v) is 4.75. The number of rotatable bonds is 6. The van der Waals surface area contributed by atoms with Crippen molar-refractivity contribution in [1.29, 1.82) is 0 Å². The molecule has 0 aromatic carbocycles. The van der Waals surface area contributed by atoms with Crippen LogP contribution in [0.5, 0.6) is 0 Å². The Hall–Kier alpha value is -3.26. The Morgan fingerprint density at radius 1 is 1.24 bits per heavy atom. The number of aryl methyl sites for hydroxylation is 1. The van der Waals surface area contributed by atoms with Crippen molar-refractivity contribution in [2.45, 2.75) is 25.3 Å². The van der Waals surface area contributed by atoms with Crippen LogP contribution in [0.3, 0.4) is 0 Å². The van der Waals surface area contributed by atoms with Gasteiger partial charge >= 0.3 is 0 Å². The number of pyridine rings is 1. The van der Waals surface area contributed by atoms with Crippen LogP contribution in [0.4, 0.5) is 26.2 Å². The standard InChI is InChI=1S/C20H25F2N9O2S/c1-12-14(28-24-3)5-6-15(25-12)13-7-10-31-17(13)18(23-2)27-19(29-31)26-16-8-9-30(34(4,32)33)11-20(16,21)22/h5-7,10,16H,8-9,11H2,1-4H3,(H2,23,26,27,29). The minimum Gasteiger partial charge on any atom is -0.371 e. The second-order valence-electron chi connectivity index (χ2n) is 8.00. The Morgan fingerprint density at radius 3 is 2.62 bits per heavy atom. The highest BCUT2D eigenvalue weighted by Gasteiger charge is 2.47. The van der Waals surface area contributed by atoms with E-state index < -0.39 is 28.5 Å². The molecule has 1 aliphatic heterocycles. The average molecular weight is 494 g/mol. The zero-order valence-corrected chi connectivity index (χ0v) is 19.9. The van der Waals surface area contributed by atoms with E-state index in [0.29, 0.717) is 28.4 Å². The van der Waals surface area contributed by atoms with Crippen LogP contribution in [0.2, 0.25) is 0 Å². The van der Waals surface area contributed by atoms with Gasteiger partial charge in [-0.15, -0.1) is 5.10 Å². The van der Waals surface area contributed by atoms with Gasteiger partial charge in [-0.25, -0.2) is 21.7 Å². The molecule has 14 heteroatoms. The molecule has 3 aromatic rings. The van der Waals surface area contributed by atoms with E-state index in [4.69, 9.17) is 0 Å². The molecular weight excluding hydrogens is 468 g/mol. The number of nitrogens with one attached hydrogen (secondary N) is 2. The quantitative estimate of drug-likeness (QED) is 0.505. The summed E-state index contributed by atoms with van der Waals surface area (Å²) in [6, 6.07) is 4.13. The molecule has 1 saturated heterocycles. The topological polar surface area (TPSA) is 129 Å². The number of anilines is 2. The number of sulfonamides is 1. The summed E-state index contributed by atoms with van der Waals surface area (Å²) < 4.78 is 55.1. The van der Waals surface area contributed by atoms with Gasteiger partial charge in [-0.05, 0) is 31.5 Å². The lowest BCUT2D eigenvalue weighted by atomic mass is 10.0. The Morgan fingerprint density at radius 2 is 2.00 bits per heavy atom. The van der Waals surface area contributed by atoms with Crippen LogP contribution >= 0.6 is 0 Å². The van der Waals surface area contributed by atoms with E-state index in [2.05, 4.69) is 35.9 Å². The number of nitrogens with zero attached hydrogens (tertiary/aromatic N) is 7. The first-order valence-electron chi connectivity index (χ1n) is 10.5. The number of alkyl halides is 2. The molecule has 4 heterocycles. The van der Waals surface area contributed by atoms with Crippen LogP contribution in [-0.2, 0) is 10.0 Å². The maximum absolute atomic E-state index is 14.7. The Labute approximate surface area is 195 Å². The SMILES string of the molecule is CN=Nc1ccc(-c2ccn3nc(NC4CCN(S(C)(=O)=O)CC4(F)F)nc(NC)c23)nc1C. The molecule has 11 nitrogen and oxygen atoms in total. The van der Waals surface area contributed by atoms with E-state index in [1.54, 1.807) is 20.3 Å². The third kappa shape index (κ3) is 4.55. The summed E-state index contributed by atoms with van der Waals surface area (Å²) in [4.78, 5) is 9.00. The first kappa shape index (κ1) is 23.9. The third-order valence-corrected chi connectivity index (χ3v) is 6.88. The van der Waals surface area contributed by atoms with Crippen molar-refractivity contribution in [2.75, 3.05) is 44.1 Å². The summed E-state index contributed by atoms with van der Waals surface area (Å²) in [6.45, 7) is 0.926. The minimum atomic E-state index is -3.70. The second-order valence-corrected chi connectivity index (χ2v) is 9.98. The summed E-state index contributed by atoms with van der Waals surface area (Å²) in [5, 5.41) is 17.9. The van der Waals surface area contributed by atoms with Crippen LogP contribution in [0.15, 0.2) is 34.6 Å². The molecular formula is C20H25F2N9O2S. The molecule has 34 heavy (non-hydrogen) atoms. The first-order chi connectivity index (χ1) is 16.0. The largest absolute Gasteiger partial charge is 0.371 e. The van der Waals surface area contributed by atoms with Gasteiger partial charge in [0.1, 0.15) is 11.2 Å². The smallest absolute Gasteiger partial charge is 0.281 e. The molecule has 3 aromatic heterocycles. The molecule has 0 bridgehead atoms. The molecule has 0 radical (unpaired) electrons. The predicted molar refractivity (Wildman–Crippen MR) is 124 cm³/mol. The van der Waals surface area contributed by atoms with Crippen molar-refractivity contribution in [1.82, 2.24) is 23.9 Å². The van der Waals surface area contributed by atoms with Crippen molar-refractivity contribution >= 4 is 33.0 Å². The van der Waals surface area contributed by atoms with Crippen LogP contribution in [0.25, 0.3) is 16.8 Å². The lowest BCUT2D eigenvalue weighted by molar-refractivity contribution is -0.0541. The predicted octanol–water partition coefficient (Wildman–Crippen LogP) is 2.94. The number of hydrogen-bond acceptors (Lipinski definition) is 9. The van der Waals surface area contributed by atoms with Crippen molar-refractivity contribution in [3.63, 3.8) is 0 Å². The monoisotopic (exact) mass is 493 g/mol. The van der Waals surface area contributed by atoms with Crippen LogP contribution < -0.4 is 10.6 Å². The highest BCUT2D eigenvalue weighted by molar-refractivity contribution is 7.88. The van der Waals surface area contributed by atoms with Gasteiger partial charge < -0.3 is 10.6 Å². The van der Waals surface area contributed by atoms with Gasteiger partial charge in [-0.2, -0.15) is 19.5 Å². The molecule has 0 aliphatic carbocycles. The number of fused-ring (bicyclic) bond motifs is 1. The third-order valence-electron chi connectivity index (χ3n) is 5.63. The summed E-state index contributed by atoms with van der Waals surface area (Å²) in [7, 11) is -0.445.